The number of allylic oxidation sites excluding steroid dienone is 2. The summed E-state index contributed by atoms with van der Waals surface area (Å²) in [5.74, 6) is -1.53. The SMILES string of the molecule is CCCCCCCC1CCC(C2CC=C(c3ccc(-c4ccc(-c5ccc(OCCCCC)c(F)c5F)cc4)c(F)c3F)CC2)CC1. The van der Waals surface area contributed by atoms with Gasteiger partial charge in [0.25, 0.3) is 0 Å². The van der Waals surface area contributed by atoms with E-state index in [1.54, 1.807) is 36.4 Å². The van der Waals surface area contributed by atoms with Crippen LogP contribution in [0.1, 0.15) is 122 Å². The second-order valence-electron chi connectivity index (χ2n) is 13.9. The third-order valence-electron chi connectivity index (χ3n) is 10.7. The Morgan fingerprint density at radius 3 is 1.79 bits per heavy atom. The van der Waals surface area contributed by atoms with E-state index in [9.17, 15) is 8.78 Å². The first kappa shape index (κ1) is 35.2. The summed E-state index contributed by atoms with van der Waals surface area (Å²) in [6.07, 6.45) is 21.1. The summed E-state index contributed by atoms with van der Waals surface area (Å²) in [7, 11) is 0. The average molecular weight is 649 g/mol. The van der Waals surface area contributed by atoms with Gasteiger partial charge in [0.2, 0.25) is 5.82 Å². The summed E-state index contributed by atoms with van der Waals surface area (Å²) in [4.78, 5) is 0. The van der Waals surface area contributed by atoms with Crippen LogP contribution >= 0.6 is 0 Å². The second-order valence-corrected chi connectivity index (χ2v) is 13.9. The predicted octanol–water partition coefficient (Wildman–Crippen LogP) is 13.5. The predicted molar refractivity (Wildman–Crippen MR) is 186 cm³/mol. The lowest BCUT2D eigenvalue weighted by Gasteiger charge is -2.35. The minimum Gasteiger partial charge on any atom is -0.490 e. The van der Waals surface area contributed by atoms with E-state index in [4.69, 9.17) is 4.74 Å². The van der Waals surface area contributed by atoms with Crippen LogP contribution in [0.4, 0.5) is 17.6 Å². The fraction of sp³-hybridized carbons (Fsp3) is 0.524. The average Bonchev–Trinajstić information content (AvgIpc) is 3.10. The molecule has 1 atom stereocenters. The van der Waals surface area contributed by atoms with Crippen LogP contribution in [0.15, 0.2) is 54.6 Å². The van der Waals surface area contributed by atoms with Crippen molar-refractivity contribution in [1.29, 1.82) is 0 Å². The maximum absolute atomic E-state index is 15.5. The van der Waals surface area contributed by atoms with E-state index in [1.165, 1.54) is 76.3 Å². The number of benzene rings is 3. The van der Waals surface area contributed by atoms with Crippen molar-refractivity contribution >= 4 is 5.57 Å². The lowest BCUT2D eigenvalue weighted by atomic mass is 9.70. The first-order valence-corrected chi connectivity index (χ1v) is 18.3. The van der Waals surface area contributed by atoms with Crippen molar-refractivity contribution in [2.24, 2.45) is 17.8 Å². The summed E-state index contributed by atoms with van der Waals surface area (Å²) in [5.41, 5.74) is 2.40. The molecule has 254 valence electrons. The Morgan fingerprint density at radius 2 is 1.15 bits per heavy atom. The Kier molecular flexibility index (Phi) is 13.0. The Balaban J connectivity index is 1.18. The van der Waals surface area contributed by atoms with Crippen LogP contribution in [0, 0.1) is 41.0 Å². The molecule has 1 unspecified atom stereocenters. The largest absolute Gasteiger partial charge is 0.490 e. The molecule has 0 amide bonds. The molecule has 0 N–H and O–H groups in total. The zero-order valence-electron chi connectivity index (χ0n) is 28.4. The molecular formula is C42H52F4O. The second kappa shape index (κ2) is 17.4. The van der Waals surface area contributed by atoms with Gasteiger partial charge >= 0.3 is 0 Å². The van der Waals surface area contributed by atoms with E-state index < -0.39 is 23.3 Å². The van der Waals surface area contributed by atoms with E-state index in [-0.39, 0.29) is 16.9 Å². The molecule has 2 aliphatic carbocycles. The van der Waals surface area contributed by atoms with Crippen molar-refractivity contribution in [2.45, 2.75) is 117 Å². The van der Waals surface area contributed by atoms with E-state index >= 15 is 8.78 Å². The summed E-state index contributed by atoms with van der Waals surface area (Å²) in [6.45, 7) is 4.66. The summed E-state index contributed by atoms with van der Waals surface area (Å²) < 4.78 is 66.0. The van der Waals surface area contributed by atoms with Gasteiger partial charge in [-0.2, -0.15) is 4.39 Å². The third-order valence-corrected chi connectivity index (χ3v) is 10.7. The monoisotopic (exact) mass is 648 g/mol. The van der Waals surface area contributed by atoms with Crippen molar-refractivity contribution in [2.75, 3.05) is 6.61 Å². The maximum atomic E-state index is 15.5. The molecule has 1 fully saturated rings. The quantitative estimate of drug-likeness (QED) is 0.118. The van der Waals surface area contributed by atoms with Crippen LogP contribution in [0.2, 0.25) is 0 Å². The third kappa shape index (κ3) is 8.89. The van der Waals surface area contributed by atoms with Gasteiger partial charge < -0.3 is 4.74 Å². The Bertz CT molecular complexity index is 1470. The van der Waals surface area contributed by atoms with Gasteiger partial charge in [-0.25, -0.2) is 13.2 Å². The summed E-state index contributed by atoms with van der Waals surface area (Å²) in [6, 6.07) is 12.7. The molecular weight excluding hydrogens is 596 g/mol. The molecule has 5 rings (SSSR count). The smallest absolute Gasteiger partial charge is 0.201 e. The van der Waals surface area contributed by atoms with Crippen LogP contribution in [-0.2, 0) is 0 Å². The van der Waals surface area contributed by atoms with Crippen LogP contribution in [0.3, 0.4) is 0 Å². The molecule has 2 aliphatic rings. The molecule has 1 saturated carbocycles. The highest BCUT2D eigenvalue weighted by Gasteiger charge is 2.29. The van der Waals surface area contributed by atoms with Gasteiger partial charge in [-0.3, -0.25) is 0 Å². The van der Waals surface area contributed by atoms with E-state index in [0.717, 1.165) is 55.9 Å². The molecule has 5 heteroatoms. The van der Waals surface area contributed by atoms with Gasteiger partial charge in [0.15, 0.2) is 23.2 Å². The lowest BCUT2D eigenvalue weighted by molar-refractivity contribution is 0.187. The summed E-state index contributed by atoms with van der Waals surface area (Å²) >= 11 is 0. The topological polar surface area (TPSA) is 9.23 Å². The molecule has 0 spiro atoms. The lowest BCUT2D eigenvalue weighted by Crippen LogP contribution is -2.23. The van der Waals surface area contributed by atoms with E-state index in [1.807, 2.05) is 0 Å². The zero-order valence-corrected chi connectivity index (χ0v) is 28.4. The molecule has 0 bridgehead atoms. The van der Waals surface area contributed by atoms with Gasteiger partial charge in [-0.05, 0) is 85.1 Å². The fourth-order valence-electron chi connectivity index (χ4n) is 7.76. The Morgan fingerprint density at radius 1 is 0.574 bits per heavy atom. The number of hydrogen-bond donors (Lipinski definition) is 0. The first-order valence-electron chi connectivity index (χ1n) is 18.3. The van der Waals surface area contributed by atoms with Crippen molar-refractivity contribution in [3.8, 4) is 28.0 Å². The normalized spacial score (nSPS) is 19.9. The van der Waals surface area contributed by atoms with Crippen LogP contribution < -0.4 is 4.74 Å². The highest BCUT2D eigenvalue weighted by molar-refractivity contribution is 5.74. The number of halogens is 4. The molecule has 0 radical (unpaired) electrons. The minimum atomic E-state index is -1.02. The van der Waals surface area contributed by atoms with Gasteiger partial charge in [0.1, 0.15) is 0 Å². The molecule has 3 aromatic rings. The van der Waals surface area contributed by atoms with Crippen molar-refractivity contribution in [3.63, 3.8) is 0 Å². The van der Waals surface area contributed by atoms with E-state index in [2.05, 4.69) is 19.9 Å². The first-order chi connectivity index (χ1) is 22.9. The minimum absolute atomic E-state index is 0.0883. The molecule has 47 heavy (non-hydrogen) atoms. The number of hydrogen-bond acceptors (Lipinski definition) is 1. The van der Waals surface area contributed by atoms with Crippen molar-refractivity contribution < 1.29 is 22.3 Å². The molecule has 3 aromatic carbocycles. The van der Waals surface area contributed by atoms with Crippen molar-refractivity contribution in [3.05, 3.63) is 83.4 Å². The Hall–Kier alpha value is -3.08. The van der Waals surface area contributed by atoms with E-state index in [0.29, 0.717) is 29.2 Å². The van der Waals surface area contributed by atoms with Crippen LogP contribution in [0.25, 0.3) is 27.8 Å². The number of unbranched alkanes of at least 4 members (excludes halogenated alkanes) is 6. The van der Waals surface area contributed by atoms with Gasteiger partial charge in [-0.1, -0.05) is 121 Å². The molecule has 0 heterocycles. The standard InChI is InChI=1S/C42H52F4O/c1-3-5-7-8-9-11-29-12-14-30(15-13-29)31-16-18-32(19-17-31)35-24-25-36(40(44)39(35)43)33-20-22-34(23-21-33)37-26-27-38(42(46)41(37)45)47-28-10-6-4-2/h18,20-27,29-31H,3-17,19,28H2,1-2H3. The molecule has 1 nitrogen and oxygen atoms in total. The summed E-state index contributed by atoms with van der Waals surface area (Å²) in [5, 5.41) is 0. The molecule has 0 aromatic heterocycles. The van der Waals surface area contributed by atoms with Gasteiger partial charge in [-0.15, -0.1) is 0 Å². The zero-order chi connectivity index (χ0) is 33.2. The molecule has 0 aliphatic heterocycles. The van der Waals surface area contributed by atoms with Gasteiger partial charge in [0, 0.05) is 16.7 Å². The highest BCUT2D eigenvalue weighted by Crippen LogP contribution is 2.43. The van der Waals surface area contributed by atoms with Crippen LogP contribution in [0.5, 0.6) is 5.75 Å². The molecule has 0 saturated heterocycles. The van der Waals surface area contributed by atoms with Crippen molar-refractivity contribution in [1.82, 2.24) is 0 Å². The Labute approximate surface area is 279 Å². The number of ether oxygens (including phenoxy) is 1. The number of rotatable bonds is 15. The fourth-order valence-corrected chi connectivity index (χ4v) is 7.76. The van der Waals surface area contributed by atoms with Gasteiger partial charge in [0.05, 0.1) is 6.61 Å². The van der Waals surface area contributed by atoms with Crippen LogP contribution in [-0.4, -0.2) is 6.61 Å². The highest BCUT2D eigenvalue weighted by atomic mass is 19.2. The maximum Gasteiger partial charge on any atom is 0.201 e.